The summed E-state index contributed by atoms with van der Waals surface area (Å²) in [4.78, 5) is 0. The third-order valence-electron chi connectivity index (χ3n) is 2.76. The molecule has 1 aliphatic heterocycles. The summed E-state index contributed by atoms with van der Waals surface area (Å²) < 4.78 is 5.52. The molecule has 0 unspecified atom stereocenters. The first-order valence-electron chi connectivity index (χ1n) is 5.77. The number of nitrogens with one attached hydrogen (secondary N) is 1. The van der Waals surface area contributed by atoms with Gasteiger partial charge < -0.3 is 10.1 Å². The van der Waals surface area contributed by atoms with E-state index in [0.29, 0.717) is 6.61 Å². The molecular formula is C14H19GaNO. The molecule has 1 aromatic carbocycles. The number of fused-ring (bicyclic) bond motifs is 1. The van der Waals surface area contributed by atoms with E-state index < -0.39 is 0 Å². The molecule has 1 aliphatic rings. The predicted octanol–water partition coefficient (Wildman–Crippen LogP) is 3.31. The Kier molecular flexibility index (Phi) is 4.39. The second-order valence-corrected chi connectivity index (χ2v) is 4.81. The van der Waals surface area contributed by atoms with Crippen molar-refractivity contribution in [3.05, 3.63) is 29.8 Å². The van der Waals surface area contributed by atoms with Gasteiger partial charge in [-0.2, -0.15) is 0 Å². The van der Waals surface area contributed by atoms with Gasteiger partial charge >= 0.3 is 0 Å². The van der Waals surface area contributed by atoms with E-state index in [1.807, 2.05) is 13.0 Å². The number of anilines is 1. The van der Waals surface area contributed by atoms with Crippen LogP contribution in [0.5, 0.6) is 5.75 Å². The first-order chi connectivity index (χ1) is 7.52. The summed E-state index contributed by atoms with van der Waals surface area (Å²) in [6.45, 7) is 9.22. The van der Waals surface area contributed by atoms with Crippen LogP contribution in [0, 0.1) is 0 Å². The molecule has 0 saturated carbocycles. The number of benzene rings is 1. The largest absolute Gasteiger partial charge is 0.494 e. The van der Waals surface area contributed by atoms with Crippen LogP contribution in [0.4, 0.5) is 5.69 Å². The summed E-state index contributed by atoms with van der Waals surface area (Å²) in [7, 11) is 0. The molecule has 0 atom stereocenters. The number of ether oxygens (including phenoxy) is 1. The molecule has 0 aromatic heterocycles. The molecule has 0 aliphatic carbocycles. The fourth-order valence-electron chi connectivity index (χ4n) is 2.22. The van der Waals surface area contributed by atoms with E-state index in [1.54, 1.807) is 0 Å². The van der Waals surface area contributed by atoms with Crippen LogP contribution in [0.1, 0.15) is 33.3 Å². The monoisotopic (exact) mass is 286 g/mol. The normalized spacial score (nSPS) is 16.1. The molecule has 3 heteroatoms. The van der Waals surface area contributed by atoms with Crippen molar-refractivity contribution in [2.75, 3.05) is 11.9 Å². The van der Waals surface area contributed by atoms with E-state index in [2.05, 4.69) is 44.3 Å². The number of rotatable bonds is 2. The van der Waals surface area contributed by atoms with Gasteiger partial charge in [0.05, 0.1) is 12.1 Å². The van der Waals surface area contributed by atoms with Crippen molar-refractivity contribution in [3.63, 3.8) is 0 Å². The third kappa shape index (κ3) is 3.10. The van der Waals surface area contributed by atoms with Gasteiger partial charge in [0.25, 0.3) is 0 Å². The minimum absolute atomic E-state index is 0. The molecule has 0 bridgehead atoms. The van der Waals surface area contributed by atoms with Gasteiger partial charge in [-0.05, 0) is 51.5 Å². The average Bonchev–Trinajstić information content (AvgIpc) is 2.18. The Bertz CT molecular complexity index is 438. The Morgan fingerprint density at radius 1 is 1.29 bits per heavy atom. The molecule has 0 fully saturated rings. The van der Waals surface area contributed by atoms with E-state index in [0.717, 1.165) is 5.75 Å². The van der Waals surface area contributed by atoms with Crippen LogP contribution >= 0.6 is 0 Å². The summed E-state index contributed by atoms with van der Waals surface area (Å²) in [5, 5.41) is 3.50. The molecule has 0 amide bonds. The van der Waals surface area contributed by atoms with Crippen LogP contribution in [0.15, 0.2) is 24.3 Å². The van der Waals surface area contributed by atoms with Crippen LogP contribution in [0.25, 0.3) is 5.57 Å². The van der Waals surface area contributed by atoms with E-state index >= 15 is 0 Å². The SMILES string of the molecule is CCOc1ccc2c(c1)C(C)=CC(C)(C)N2.[Ga]. The second-order valence-electron chi connectivity index (χ2n) is 4.81. The smallest absolute Gasteiger partial charge is 0.120 e. The first-order valence-corrected chi connectivity index (χ1v) is 5.77. The Hall–Kier alpha value is -0.804. The molecule has 17 heavy (non-hydrogen) atoms. The van der Waals surface area contributed by atoms with E-state index in [-0.39, 0.29) is 25.3 Å². The van der Waals surface area contributed by atoms with E-state index in [4.69, 9.17) is 4.74 Å². The zero-order valence-corrected chi connectivity index (χ0v) is 13.4. The molecule has 1 N–H and O–H groups in total. The molecule has 0 saturated heterocycles. The van der Waals surface area contributed by atoms with Gasteiger partial charge in [-0.25, -0.2) is 0 Å². The van der Waals surface area contributed by atoms with Gasteiger partial charge in [-0.15, -0.1) is 0 Å². The van der Waals surface area contributed by atoms with Gasteiger partial charge in [0, 0.05) is 31.0 Å². The summed E-state index contributed by atoms with van der Waals surface area (Å²) in [6, 6.07) is 6.22. The van der Waals surface area contributed by atoms with Crippen molar-refractivity contribution in [3.8, 4) is 5.75 Å². The summed E-state index contributed by atoms with van der Waals surface area (Å²) in [6.07, 6.45) is 2.26. The molecule has 2 nitrogen and oxygen atoms in total. The maximum Gasteiger partial charge on any atom is 0.120 e. The second kappa shape index (κ2) is 5.23. The summed E-state index contributed by atoms with van der Waals surface area (Å²) in [5.41, 5.74) is 3.77. The molecule has 0 spiro atoms. The van der Waals surface area contributed by atoms with Crippen molar-refractivity contribution in [2.45, 2.75) is 33.2 Å². The third-order valence-corrected chi connectivity index (χ3v) is 2.76. The van der Waals surface area contributed by atoms with Crippen LogP contribution < -0.4 is 10.1 Å². The van der Waals surface area contributed by atoms with Crippen LogP contribution in [-0.4, -0.2) is 31.9 Å². The van der Waals surface area contributed by atoms with E-state index in [9.17, 15) is 0 Å². The summed E-state index contributed by atoms with van der Waals surface area (Å²) >= 11 is 0. The molecule has 89 valence electrons. The Balaban J connectivity index is 0.00000144. The summed E-state index contributed by atoms with van der Waals surface area (Å²) in [5.74, 6) is 0.940. The molecule has 1 aromatic rings. The minimum atomic E-state index is 0. The fraction of sp³-hybridized carbons (Fsp3) is 0.429. The Morgan fingerprint density at radius 2 is 2.00 bits per heavy atom. The Labute approximate surface area is 116 Å². The van der Waals surface area contributed by atoms with Gasteiger partial charge in [-0.3, -0.25) is 0 Å². The molecule has 1 heterocycles. The van der Waals surface area contributed by atoms with Crippen LogP contribution in [-0.2, 0) is 0 Å². The Morgan fingerprint density at radius 3 is 2.65 bits per heavy atom. The molecular weight excluding hydrogens is 268 g/mol. The van der Waals surface area contributed by atoms with Crippen molar-refractivity contribution < 1.29 is 4.74 Å². The van der Waals surface area contributed by atoms with Gasteiger partial charge in [0.1, 0.15) is 5.75 Å². The number of hydrogen-bond donors (Lipinski definition) is 1. The van der Waals surface area contributed by atoms with Gasteiger partial charge in [-0.1, -0.05) is 6.08 Å². The molecule has 3 radical (unpaired) electrons. The van der Waals surface area contributed by atoms with Crippen LogP contribution in [0.2, 0.25) is 0 Å². The predicted molar refractivity (Wildman–Crippen MR) is 74.7 cm³/mol. The quantitative estimate of drug-likeness (QED) is 0.843. The van der Waals surface area contributed by atoms with Crippen molar-refractivity contribution in [2.24, 2.45) is 0 Å². The minimum Gasteiger partial charge on any atom is -0.494 e. The van der Waals surface area contributed by atoms with E-state index in [1.165, 1.54) is 16.8 Å². The maximum atomic E-state index is 5.52. The van der Waals surface area contributed by atoms with Gasteiger partial charge in [0.2, 0.25) is 0 Å². The standard InChI is InChI=1S/C14H19NO.Ga/c1-5-16-11-6-7-13-12(8-11)10(2)9-14(3,4)15-13;/h6-9,15H,5H2,1-4H3;. The number of hydrogen-bond acceptors (Lipinski definition) is 2. The van der Waals surface area contributed by atoms with Gasteiger partial charge in [0.15, 0.2) is 0 Å². The van der Waals surface area contributed by atoms with Crippen molar-refractivity contribution >= 4 is 31.1 Å². The average molecular weight is 287 g/mol. The van der Waals surface area contributed by atoms with Crippen molar-refractivity contribution in [1.29, 1.82) is 0 Å². The van der Waals surface area contributed by atoms with Crippen LogP contribution in [0.3, 0.4) is 0 Å². The first kappa shape index (κ1) is 14.3. The maximum absolute atomic E-state index is 5.52. The zero-order valence-electron chi connectivity index (χ0n) is 11.0. The zero-order chi connectivity index (χ0) is 11.8. The topological polar surface area (TPSA) is 21.3 Å². The fourth-order valence-corrected chi connectivity index (χ4v) is 2.22. The number of allylic oxidation sites excluding steroid dienone is 1. The molecule has 2 rings (SSSR count). The van der Waals surface area contributed by atoms with Crippen molar-refractivity contribution in [1.82, 2.24) is 0 Å².